The van der Waals surface area contributed by atoms with Crippen molar-refractivity contribution in [1.82, 2.24) is 4.90 Å². The molecule has 0 N–H and O–H groups in total. The Bertz CT molecular complexity index is 610. The first-order valence-electron chi connectivity index (χ1n) is 6.22. The van der Waals surface area contributed by atoms with E-state index < -0.39 is 0 Å². The van der Waals surface area contributed by atoms with Crippen molar-refractivity contribution in [3.05, 3.63) is 34.6 Å². The Kier molecular flexibility index (Phi) is 3.16. The van der Waals surface area contributed by atoms with E-state index in [-0.39, 0.29) is 5.91 Å². The van der Waals surface area contributed by atoms with Crippen molar-refractivity contribution >= 4 is 16.9 Å². The molecule has 0 saturated heterocycles. The molecular formula is C15H19NO2. The van der Waals surface area contributed by atoms with Gasteiger partial charge in [-0.05, 0) is 38.8 Å². The van der Waals surface area contributed by atoms with Crippen LogP contribution >= 0.6 is 0 Å². The number of hydrogen-bond acceptors (Lipinski definition) is 2. The SMILES string of the molecule is CCN(C)C(=O)c1oc2c(C)ccc(C)c2c1C. The summed E-state index contributed by atoms with van der Waals surface area (Å²) in [6.07, 6.45) is 0. The van der Waals surface area contributed by atoms with E-state index in [0.29, 0.717) is 12.3 Å². The zero-order valence-corrected chi connectivity index (χ0v) is 11.6. The van der Waals surface area contributed by atoms with Crippen molar-refractivity contribution in [3.8, 4) is 0 Å². The van der Waals surface area contributed by atoms with Crippen LogP contribution in [0.15, 0.2) is 16.5 Å². The average molecular weight is 245 g/mol. The van der Waals surface area contributed by atoms with Crippen molar-refractivity contribution in [2.75, 3.05) is 13.6 Å². The smallest absolute Gasteiger partial charge is 0.289 e. The van der Waals surface area contributed by atoms with Crippen molar-refractivity contribution < 1.29 is 9.21 Å². The van der Waals surface area contributed by atoms with Crippen LogP contribution < -0.4 is 0 Å². The first-order valence-corrected chi connectivity index (χ1v) is 6.22. The number of fused-ring (bicyclic) bond motifs is 1. The van der Waals surface area contributed by atoms with Gasteiger partial charge < -0.3 is 9.32 Å². The lowest BCUT2D eigenvalue weighted by Crippen LogP contribution is -2.26. The molecule has 0 fully saturated rings. The summed E-state index contributed by atoms with van der Waals surface area (Å²) in [4.78, 5) is 13.9. The lowest BCUT2D eigenvalue weighted by molar-refractivity contribution is 0.0772. The van der Waals surface area contributed by atoms with Gasteiger partial charge >= 0.3 is 0 Å². The highest BCUT2D eigenvalue weighted by atomic mass is 16.3. The second-order valence-electron chi connectivity index (χ2n) is 4.78. The lowest BCUT2D eigenvalue weighted by Gasteiger charge is -2.12. The highest BCUT2D eigenvalue weighted by Gasteiger charge is 2.21. The molecule has 0 aliphatic carbocycles. The second-order valence-corrected chi connectivity index (χ2v) is 4.78. The number of nitrogens with zero attached hydrogens (tertiary/aromatic N) is 1. The molecule has 1 amide bonds. The number of aryl methyl sites for hydroxylation is 3. The molecule has 1 aromatic carbocycles. The molecule has 0 aliphatic rings. The molecule has 18 heavy (non-hydrogen) atoms. The minimum atomic E-state index is -0.0509. The minimum Gasteiger partial charge on any atom is -0.450 e. The zero-order chi connectivity index (χ0) is 13.4. The predicted octanol–water partition coefficient (Wildman–Crippen LogP) is 3.45. The van der Waals surface area contributed by atoms with E-state index in [1.165, 1.54) is 0 Å². The molecule has 0 atom stereocenters. The average Bonchev–Trinajstić information content (AvgIpc) is 2.71. The van der Waals surface area contributed by atoms with Gasteiger partial charge in [-0.1, -0.05) is 12.1 Å². The number of carbonyl (C=O) groups is 1. The van der Waals surface area contributed by atoms with Crippen molar-refractivity contribution in [1.29, 1.82) is 0 Å². The highest BCUT2D eigenvalue weighted by Crippen LogP contribution is 2.31. The summed E-state index contributed by atoms with van der Waals surface area (Å²) in [5.41, 5.74) is 3.99. The van der Waals surface area contributed by atoms with Crippen LogP contribution in [0.4, 0.5) is 0 Å². The van der Waals surface area contributed by atoms with E-state index in [9.17, 15) is 4.79 Å². The molecule has 2 aromatic rings. The summed E-state index contributed by atoms with van der Waals surface area (Å²) in [6, 6.07) is 4.09. The van der Waals surface area contributed by atoms with Crippen LogP contribution in [0.2, 0.25) is 0 Å². The molecule has 3 nitrogen and oxygen atoms in total. The quantitative estimate of drug-likeness (QED) is 0.812. The number of furan rings is 1. The molecule has 3 heteroatoms. The fourth-order valence-electron chi connectivity index (χ4n) is 2.20. The van der Waals surface area contributed by atoms with E-state index in [1.54, 1.807) is 11.9 Å². The fraction of sp³-hybridized carbons (Fsp3) is 0.400. The zero-order valence-electron chi connectivity index (χ0n) is 11.6. The molecule has 1 heterocycles. The summed E-state index contributed by atoms with van der Waals surface area (Å²) in [5.74, 6) is 0.414. The van der Waals surface area contributed by atoms with Gasteiger partial charge in [-0.2, -0.15) is 0 Å². The normalized spacial score (nSPS) is 10.9. The van der Waals surface area contributed by atoms with Gasteiger partial charge in [0.05, 0.1) is 0 Å². The van der Waals surface area contributed by atoms with Gasteiger partial charge in [0.1, 0.15) is 5.58 Å². The molecular weight excluding hydrogens is 226 g/mol. The van der Waals surface area contributed by atoms with E-state index >= 15 is 0 Å². The summed E-state index contributed by atoms with van der Waals surface area (Å²) >= 11 is 0. The van der Waals surface area contributed by atoms with Crippen LogP contribution in [-0.4, -0.2) is 24.4 Å². The van der Waals surface area contributed by atoms with Crippen molar-refractivity contribution in [2.45, 2.75) is 27.7 Å². The number of rotatable bonds is 2. The maximum absolute atomic E-state index is 12.2. The van der Waals surface area contributed by atoms with Crippen LogP contribution in [-0.2, 0) is 0 Å². The van der Waals surface area contributed by atoms with Gasteiger partial charge in [-0.25, -0.2) is 0 Å². The fourth-order valence-corrected chi connectivity index (χ4v) is 2.20. The number of amides is 1. The summed E-state index contributed by atoms with van der Waals surface area (Å²) in [6.45, 7) is 8.62. The van der Waals surface area contributed by atoms with E-state index in [2.05, 4.69) is 6.07 Å². The molecule has 1 aromatic heterocycles. The van der Waals surface area contributed by atoms with E-state index in [0.717, 1.165) is 27.7 Å². The molecule has 2 rings (SSSR count). The van der Waals surface area contributed by atoms with Gasteiger partial charge in [0.15, 0.2) is 5.76 Å². The monoisotopic (exact) mass is 245 g/mol. The van der Waals surface area contributed by atoms with Crippen LogP contribution in [0.1, 0.15) is 34.2 Å². The molecule has 0 spiro atoms. The third kappa shape index (κ3) is 1.80. The maximum Gasteiger partial charge on any atom is 0.289 e. The number of hydrogen-bond donors (Lipinski definition) is 0. The predicted molar refractivity (Wildman–Crippen MR) is 73.1 cm³/mol. The standard InChI is InChI=1S/C15H19NO2/c1-6-16(5)15(17)14-11(4)12-9(2)7-8-10(3)13(12)18-14/h7-8H,6H2,1-5H3. The topological polar surface area (TPSA) is 33.5 Å². The Morgan fingerprint density at radius 3 is 2.39 bits per heavy atom. The Balaban J connectivity index is 2.68. The molecule has 0 bridgehead atoms. The van der Waals surface area contributed by atoms with E-state index in [1.807, 2.05) is 33.8 Å². The van der Waals surface area contributed by atoms with Crippen LogP contribution in [0.5, 0.6) is 0 Å². The molecule has 0 saturated carbocycles. The highest BCUT2D eigenvalue weighted by molar-refractivity contribution is 6.00. The van der Waals surface area contributed by atoms with Crippen LogP contribution in [0.3, 0.4) is 0 Å². The first kappa shape index (κ1) is 12.7. The molecule has 96 valence electrons. The van der Waals surface area contributed by atoms with Crippen molar-refractivity contribution in [3.63, 3.8) is 0 Å². The Labute approximate surface area is 107 Å². The Morgan fingerprint density at radius 1 is 1.22 bits per heavy atom. The number of carbonyl (C=O) groups excluding carboxylic acids is 1. The third-order valence-electron chi connectivity index (χ3n) is 3.50. The molecule has 0 aliphatic heterocycles. The summed E-state index contributed by atoms with van der Waals surface area (Å²) in [7, 11) is 1.79. The van der Waals surface area contributed by atoms with Crippen LogP contribution in [0, 0.1) is 20.8 Å². The van der Waals surface area contributed by atoms with Crippen molar-refractivity contribution in [2.24, 2.45) is 0 Å². The minimum absolute atomic E-state index is 0.0509. The van der Waals surface area contributed by atoms with Gasteiger partial charge in [0, 0.05) is 24.5 Å². The lowest BCUT2D eigenvalue weighted by atomic mass is 10.0. The van der Waals surface area contributed by atoms with Gasteiger partial charge in [0.2, 0.25) is 0 Å². The Hall–Kier alpha value is -1.77. The Morgan fingerprint density at radius 2 is 1.83 bits per heavy atom. The van der Waals surface area contributed by atoms with Crippen LogP contribution in [0.25, 0.3) is 11.0 Å². The molecule has 0 unspecified atom stereocenters. The maximum atomic E-state index is 12.2. The largest absolute Gasteiger partial charge is 0.450 e. The molecule has 0 radical (unpaired) electrons. The first-order chi connectivity index (χ1) is 8.47. The number of benzene rings is 1. The van der Waals surface area contributed by atoms with E-state index in [4.69, 9.17) is 4.42 Å². The third-order valence-corrected chi connectivity index (χ3v) is 3.50. The van der Waals surface area contributed by atoms with Gasteiger partial charge in [-0.15, -0.1) is 0 Å². The van der Waals surface area contributed by atoms with Gasteiger partial charge in [-0.3, -0.25) is 4.79 Å². The summed E-state index contributed by atoms with van der Waals surface area (Å²) in [5, 5.41) is 1.07. The second kappa shape index (κ2) is 4.48. The van der Waals surface area contributed by atoms with Gasteiger partial charge in [0.25, 0.3) is 5.91 Å². The summed E-state index contributed by atoms with van der Waals surface area (Å²) < 4.78 is 5.80.